The fourth-order valence-electron chi connectivity index (χ4n) is 3.59. The minimum absolute atomic E-state index is 0.0223. The first-order chi connectivity index (χ1) is 14.4. The van der Waals surface area contributed by atoms with Gasteiger partial charge in [0.15, 0.2) is 0 Å². The van der Waals surface area contributed by atoms with Crippen molar-refractivity contribution in [3.63, 3.8) is 0 Å². The number of nitrogens with one attached hydrogen (secondary N) is 1. The van der Waals surface area contributed by atoms with E-state index in [-0.39, 0.29) is 11.7 Å². The van der Waals surface area contributed by atoms with Crippen molar-refractivity contribution in [3.05, 3.63) is 100 Å². The molecule has 1 amide bonds. The molecule has 0 aromatic heterocycles. The van der Waals surface area contributed by atoms with E-state index in [2.05, 4.69) is 4.72 Å². The van der Waals surface area contributed by atoms with Crippen LogP contribution in [0.2, 0.25) is 5.02 Å². The molecule has 0 radical (unpaired) electrons. The van der Waals surface area contributed by atoms with Gasteiger partial charge in [-0.25, -0.2) is 8.42 Å². The van der Waals surface area contributed by atoms with Crippen LogP contribution in [-0.4, -0.2) is 25.8 Å². The molecule has 0 saturated heterocycles. The van der Waals surface area contributed by atoms with Crippen LogP contribution in [0.1, 0.15) is 27.0 Å². The van der Waals surface area contributed by atoms with Gasteiger partial charge < -0.3 is 4.90 Å². The van der Waals surface area contributed by atoms with Crippen LogP contribution in [0.15, 0.2) is 72.8 Å². The summed E-state index contributed by atoms with van der Waals surface area (Å²) in [6, 6.07) is 21.6. The summed E-state index contributed by atoms with van der Waals surface area (Å²) in [5.41, 5.74) is 3.75. The third-order valence-corrected chi connectivity index (χ3v) is 6.71. The zero-order valence-corrected chi connectivity index (χ0v) is 17.8. The van der Waals surface area contributed by atoms with Crippen molar-refractivity contribution >= 4 is 33.2 Å². The summed E-state index contributed by atoms with van der Waals surface area (Å²) >= 11 is 6.09. The molecule has 1 N–H and O–H groups in total. The van der Waals surface area contributed by atoms with Gasteiger partial charge in [0.25, 0.3) is 5.91 Å². The fraction of sp³-hybridized carbons (Fsp3) is 0.174. The number of fused-ring (bicyclic) bond motifs is 1. The van der Waals surface area contributed by atoms with Gasteiger partial charge in [0.2, 0.25) is 10.0 Å². The van der Waals surface area contributed by atoms with Crippen molar-refractivity contribution in [2.24, 2.45) is 0 Å². The molecule has 1 aliphatic rings. The number of halogens is 1. The Morgan fingerprint density at radius 3 is 2.47 bits per heavy atom. The van der Waals surface area contributed by atoms with E-state index < -0.39 is 10.0 Å². The van der Waals surface area contributed by atoms with Gasteiger partial charge >= 0.3 is 0 Å². The number of hydrogen-bond donors (Lipinski definition) is 1. The lowest BCUT2D eigenvalue weighted by Crippen LogP contribution is -2.36. The summed E-state index contributed by atoms with van der Waals surface area (Å²) in [4.78, 5) is 14.6. The minimum atomic E-state index is -3.62. The van der Waals surface area contributed by atoms with E-state index in [4.69, 9.17) is 11.6 Å². The highest BCUT2D eigenvalue weighted by molar-refractivity contribution is 7.91. The molecular weight excluding hydrogens is 420 g/mol. The van der Waals surface area contributed by atoms with Crippen LogP contribution in [0.25, 0.3) is 0 Å². The van der Waals surface area contributed by atoms with Gasteiger partial charge in [-0.2, -0.15) is 0 Å². The number of nitrogens with zero attached hydrogens (tertiary/aromatic N) is 1. The molecule has 0 spiro atoms. The molecule has 154 valence electrons. The third kappa shape index (κ3) is 4.66. The van der Waals surface area contributed by atoms with Gasteiger partial charge in [0, 0.05) is 29.4 Å². The molecule has 1 heterocycles. The number of carbonyl (C=O) groups excluding carboxylic acids is 1. The lowest BCUT2D eigenvalue weighted by Gasteiger charge is -2.29. The van der Waals surface area contributed by atoms with Crippen molar-refractivity contribution in [1.29, 1.82) is 0 Å². The van der Waals surface area contributed by atoms with Gasteiger partial charge in [0.1, 0.15) is 0 Å². The highest BCUT2D eigenvalue weighted by atomic mass is 35.5. The molecule has 30 heavy (non-hydrogen) atoms. The summed E-state index contributed by atoms with van der Waals surface area (Å²) in [6.45, 7) is 1.08. The number of sulfonamides is 1. The maximum absolute atomic E-state index is 12.8. The van der Waals surface area contributed by atoms with E-state index in [1.54, 1.807) is 47.4 Å². The van der Waals surface area contributed by atoms with Gasteiger partial charge in [-0.3, -0.25) is 9.52 Å². The van der Waals surface area contributed by atoms with E-state index in [0.717, 1.165) is 17.5 Å². The molecule has 3 aromatic rings. The third-order valence-electron chi connectivity index (χ3n) is 5.10. The van der Waals surface area contributed by atoms with Gasteiger partial charge in [0.05, 0.1) is 5.75 Å². The topological polar surface area (TPSA) is 66.5 Å². The average Bonchev–Trinajstić information content (AvgIpc) is 2.74. The number of carbonyl (C=O) groups is 1. The largest absolute Gasteiger partial charge is 0.334 e. The lowest BCUT2D eigenvalue weighted by molar-refractivity contribution is 0.0734. The molecule has 3 aromatic carbocycles. The van der Waals surface area contributed by atoms with E-state index in [1.807, 2.05) is 30.3 Å². The van der Waals surface area contributed by atoms with E-state index >= 15 is 0 Å². The van der Waals surface area contributed by atoms with Crippen LogP contribution in [-0.2, 0) is 28.7 Å². The molecule has 0 fully saturated rings. The molecule has 0 atom stereocenters. The standard InChI is InChI=1S/C23H21ClN2O3S/c24-22-9-5-4-8-19(22)16-30(28,29)25-21-11-10-17-12-13-26(15-20(17)14-21)23(27)18-6-2-1-3-7-18/h1-11,14,25H,12-13,15-16H2. The molecule has 1 aliphatic heterocycles. The maximum Gasteiger partial charge on any atom is 0.254 e. The van der Waals surface area contributed by atoms with Crippen LogP contribution in [0, 0.1) is 0 Å². The zero-order chi connectivity index (χ0) is 21.1. The molecule has 0 unspecified atom stereocenters. The van der Waals surface area contributed by atoms with Crippen molar-refractivity contribution in [2.75, 3.05) is 11.3 Å². The molecular formula is C23H21ClN2O3S. The van der Waals surface area contributed by atoms with Gasteiger partial charge in [-0.1, -0.05) is 54.1 Å². The average molecular weight is 441 g/mol. The molecule has 5 nitrogen and oxygen atoms in total. The molecule has 7 heteroatoms. The van der Waals surface area contributed by atoms with E-state index in [9.17, 15) is 13.2 Å². The Morgan fingerprint density at radius 1 is 0.967 bits per heavy atom. The second-order valence-electron chi connectivity index (χ2n) is 7.28. The van der Waals surface area contributed by atoms with Crippen LogP contribution >= 0.6 is 11.6 Å². The molecule has 0 saturated carbocycles. The Hall–Kier alpha value is -2.83. The highest BCUT2D eigenvalue weighted by Crippen LogP contribution is 2.25. The van der Waals surface area contributed by atoms with Crippen LogP contribution in [0.5, 0.6) is 0 Å². The number of amides is 1. The van der Waals surface area contributed by atoms with Gasteiger partial charge in [-0.05, 0) is 53.4 Å². The SMILES string of the molecule is O=C(c1ccccc1)N1CCc2ccc(NS(=O)(=O)Cc3ccccc3Cl)cc2C1. The Labute approximate surface area is 181 Å². The summed E-state index contributed by atoms with van der Waals surface area (Å²) in [5, 5.41) is 0.420. The monoisotopic (exact) mass is 440 g/mol. The Balaban J connectivity index is 1.50. The first-order valence-electron chi connectivity index (χ1n) is 9.61. The number of rotatable bonds is 5. The Bertz CT molecular complexity index is 1180. The van der Waals surface area contributed by atoms with E-state index in [1.165, 1.54) is 0 Å². The first kappa shape index (κ1) is 20.4. The molecule has 0 bridgehead atoms. The van der Waals surface area contributed by atoms with Crippen molar-refractivity contribution in [3.8, 4) is 0 Å². The minimum Gasteiger partial charge on any atom is -0.334 e. The summed E-state index contributed by atoms with van der Waals surface area (Å²) < 4.78 is 27.9. The predicted molar refractivity (Wildman–Crippen MR) is 119 cm³/mol. The van der Waals surface area contributed by atoms with Crippen LogP contribution in [0.4, 0.5) is 5.69 Å². The quantitative estimate of drug-likeness (QED) is 0.636. The van der Waals surface area contributed by atoms with E-state index in [0.29, 0.717) is 34.9 Å². The maximum atomic E-state index is 12.8. The van der Waals surface area contributed by atoms with Crippen molar-refractivity contribution < 1.29 is 13.2 Å². The normalized spacial score (nSPS) is 13.6. The Kier molecular flexibility index (Phi) is 5.79. The summed E-state index contributed by atoms with van der Waals surface area (Å²) in [7, 11) is -3.62. The smallest absolute Gasteiger partial charge is 0.254 e. The first-order valence-corrected chi connectivity index (χ1v) is 11.6. The zero-order valence-electron chi connectivity index (χ0n) is 16.2. The summed E-state index contributed by atoms with van der Waals surface area (Å²) in [6.07, 6.45) is 0.737. The van der Waals surface area contributed by atoms with Crippen molar-refractivity contribution in [2.45, 2.75) is 18.7 Å². The second kappa shape index (κ2) is 8.50. The number of hydrogen-bond acceptors (Lipinski definition) is 3. The lowest BCUT2D eigenvalue weighted by atomic mass is 9.98. The fourth-order valence-corrected chi connectivity index (χ4v) is 5.09. The Morgan fingerprint density at radius 2 is 1.70 bits per heavy atom. The molecule has 4 rings (SSSR count). The highest BCUT2D eigenvalue weighted by Gasteiger charge is 2.22. The number of benzene rings is 3. The van der Waals surface area contributed by atoms with Crippen molar-refractivity contribution in [1.82, 2.24) is 4.90 Å². The number of anilines is 1. The van der Waals surface area contributed by atoms with Crippen LogP contribution < -0.4 is 4.72 Å². The van der Waals surface area contributed by atoms with Crippen LogP contribution in [0.3, 0.4) is 0 Å². The summed E-state index contributed by atoms with van der Waals surface area (Å²) in [5.74, 6) is -0.228. The molecule has 0 aliphatic carbocycles. The second-order valence-corrected chi connectivity index (χ2v) is 9.41. The van der Waals surface area contributed by atoms with Gasteiger partial charge in [-0.15, -0.1) is 0 Å². The predicted octanol–water partition coefficient (Wildman–Crippen LogP) is 4.48.